The van der Waals surface area contributed by atoms with Gasteiger partial charge in [-0.25, -0.2) is 4.39 Å². The molecule has 0 aliphatic heterocycles. The number of aryl methyl sites for hydroxylation is 1. The molecule has 18 heavy (non-hydrogen) atoms. The zero-order valence-corrected chi connectivity index (χ0v) is 11.6. The van der Waals surface area contributed by atoms with Gasteiger partial charge in [-0.3, -0.25) is 0 Å². The van der Waals surface area contributed by atoms with Gasteiger partial charge in [0, 0.05) is 18.2 Å². The maximum atomic E-state index is 13.7. The minimum Gasteiger partial charge on any atom is -0.306 e. The average Bonchev–Trinajstić information content (AvgIpc) is 2.78. The van der Waals surface area contributed by atoms with Crippen LogP contribution in [0.1, 0.15) is 36.1 Å². The first kappa shape index (κ1) is 13.2. The molecule has 96 valence electrons. The van der Waals surface area contributed by atoms with E-state index in [0.717, 1.165) is 18.5 Å². The summed E-state index contributed by atoms with van der Waals surface area (Å²) in [5.74, 6) is -0.126. The predicted molar refractivity (Wildman–Crippen MR) is 75.3 cm³/mol. The van der Waals surface area contributed by atoms with Gasteiger partial charge in [0.2, 0.25) is 0 Å². The number of thiophene rings is 1. The van der Waals surface area contributed by atoms with E-state index in [1.807, 2.05) is 12.1 Å². The molecule has 0 spiro atoms. The van der Waals surface area contributed by atoms with Crippen molar-refractivity contribution >= 4 is 11.3 Å². The first-order chi connectivity index (χ1) is 8.72. The minimum atomic E-state index is -0.126. The minimum absolute atomic E-state index is 0.0745. The van der Waals surface area contributed by atoms with Crippen molar-refractivity contribution in [1.82, 2.24) is 5.32 Å². The monoisotopic (exact) mass is 263 g/mol. The summed E-state index contributed by atoms with van der Waals surface area (Å²) in [7, 11) is 0. The number of hydrogen-bond donors (Lipinski definition) is 1. The molecule has 0 amide bonds. The number of rotatable bonds is 5. The van der Waals surface area contributed by atoms with Gasteiger partial charge in [-0.15, -0.1) is 0 Å². The van der Waals surface area contributed by atoms with Crippen LogP contribution in [0.25, 0.3) is 0 Å². The molecule has 1 aromatic heterocycles. The fourth-order valence-corrected chi connectivity index (χ4v) is 2.89. The van der Waals surface area contributed by atoms with E-state index in [9.17, 15) is 4.39 Å². The van der Waals surface area contributed by atoms with E-state index in [-0.39, 0.29) is 11.9 Å². The molecule has 0 aliphatic carbocycles. The number of hydrogen-bond acceptors (Lipinski definition) is 2. The lowest BCUT2D eigenvalue weighted by atomic mass is 10.0. The smallest absolute Gasteiger partial charge is 0.127 e. The van der Waals surface area contributed by atoms with E-state index in [0.29, 0.717) is 0 Å². The van der Waals surface area contributed by atoms with Crippen LogP contribution in [0.3, 0.4) is 0 Å². The molecule has 1 N–H and O–H groups in total. The molecule has 0 bridgehead atoms. The average molecular weight is 263 g/mol. The van der Waals surface area contributed by atoms with E-state index in [2.05, 4.69) is 29.9 Å². The Hall–Kier alpha value is -1.19. The molecule has 2 aromatic rings. The van der Waals surface area contributed by atoms with Gasteiger partial charge in [0.15, 0.2) is 0 Å². The van der Waals surface area contributed by atoms with Gasteiger partial charge in [0.25, 0.3) is 0 Å². The fourth-order valence-electron chi connectivity index (χ4n) is 2.03. The number of halogens is 1. The van der Waals surface area contributed by atoms with Gasteiger partial charge in [-0.05, 0) is 41.3 Å². The number of nitrogens with one attached hydrogen (secondary N) is 1. The second-order valence-electron chi connectivity index (χ2n) is 4.44. The van der Waals surface area contributed by atoms with Crippen molar-refractivity contribution in [1.29, 1.82) is 0 Å². The van der Waals surface area contributed by atoms with Crippen LogP contribution in [0.15, 0.2) is 35.0 Å². The summed E-state index contributed by atoms with van der Waals surface area (Å²) in [6, 6.07) is 7.07. The van der Waals surface area contributed by atoms with Crippen LogP contribution in [0.4, 0.5) is 4.39 Å². The van der Waals surface area contributed by atoms with Crippen LogP contribution in [-0.4, -0.2) is 0 Å². The van der Waals surface area contributed by atoms with E-state index in [4.69, 9.17) is 0 Å². The maximum absolute atomic E-state index is 13.7. The van der Waals surface area contributed by atoms with Crippen molar-refractivity contribution in [3.63, 3.8) is 0 Å². The Labute approximate surface area is 112 Å². The Kier molecular flexibility index (Phi) is 4.50. The fraction of sp³-hybridized carbons (Fsp3) is 0.333. The largest absolute Gasteiger partial charge is 0.306 e. The van der Waals surface area contributed by atoms with Crippen molar-refractivity contribution in [2.45, 2.75) is 32.9 Å². The molecule has 0 aliphatic rings. The molecule has 0 saturated carbocycles. The van der Waals surface area contributed by atoms with Crippen molar-refractivity contribution < 1.29 is 4.39 Å². The summed E-state index contributed by atoms with van der Waals surface area (Å²) in [5.41, 5.74) is 3.36. The van der Waals surface area contributed by atoms with Crippen molar-refractivity contribution in [3.05, 3.63) is 57.5 Å². The lowest BCUT2D eigenvalue weighted by Gasteiger charge is -2.18. The molecule has 0 saturated heterocycles. The molecule has 3 heteroatoms. The Morgan fingerprint density at radius 1 is 1.28 bits per heavy atom. The zero-order chi connectivity index (χ0) is 13.0. The summed E-state index contributed by atoms with van der Waals surface area (Å²) in [6.45, 7) is 4.98. The van der Waals surface area contributed by atoms with Crippen LogP contribution in [-0.2, 0) is 6.54 Å². The topological polar surface area (TPSA) is 12.0 Å². The van der Waals surface area contributed by atoms with Crippen molar-refractivity contribution in [2.75, 3.05) is 0 Å². The normalized spacial score (nSPS) is 12.6. The standard InChI is InChI=1S/C15H18FNS/c1-3-15(13-6-4-5-7-14(13)16)17-8-12-10-18-9-11(12)2/h4-7,9-10,15,17H,3,8H2,1-2H3. The molecule has 1 atom stereocenters. The first-order valence-electron chi connectivity index (χ1n) is 6.21. The first-order valence-corrected chi connectivity index (χ1v) is 7.16. The summed E-state index contributed by atoms with van der Waals surface area (Å²) < 4.78 is 13.7. The van der Waals surface area contributed by atoms with Gasteiger partial charge >= 0.3 is 0 Å². The second kappa shape index (κ2) is 6.12. The second-order valence-corrected chi connectivity index (χ2v) is 5.19. The van der Waals surface area contributed by atoms with E-state index >= 15 is 0 Å². The molecular formula is C15H18FNS. The Morgan fingerprint density at radius 3 is 2.67 bits per heavy atom. The van der Waals surface area contributed by atoms with Gasteiger partial charge in [-0.2, -0.15) is 11.3 Å². The zero-order valence-electron chi connectivity index (χ0n) is 10.7. The molecule has 2 rings (SSSR count). The highest BCUT2D eigenvalue weighted by atomic mass is 32.1. The van der Waals surface area contributed by atoms with Crippen LogP contribution in [0.5, 0.6) is 0 Å². The molecule has 0 radical (unpaired) electrons. The highest BCUT2D eigenvalue weighted by Crippen LogP contribution is 2.21. The molecule has 1 nitrogen and oxygen atoms in total. The van der Waals surface area contributed by atoms with Gasteiger partial charge in [-0.1, -0.05) is 25.1 Å². The highest BCUT2D eigenvalue weighted by Gasteiger charge is 2.13. The van der Waals surface area contributed by atoms with Crippen LogP contribution in [0.2, 0.25) is 0 Å². The quantitative estimate of drug-likeness (QED) is 0.841. The number of benzene rings is 1. The lowest BCUT2D eigenvalue weighted by molar-refractivity contribution is 0.488. The SMILES string of the molecule is CCC(NCc1cscc1C)c1ccccc1F. The van der Waals surface area contributed by atoms with Crippen LogP contribution in [0, 0.1) is 12.7 Å². The van der Waals surface area contributed by atoms with Crippen LogP contribution >= 0.6 is 11.3 Å². The van der Waals surface area contributed by atoms with E-state index in [1.165, 1.54) is 17.2 Å². The van der Waals surface area contributed by atoms with Gasteiger partial charge < -0.3 is 5.32 Å². The third-order valence-corrected chi connectivity index (χ3v) is 4.10. The van der Waals surface area contributed by atoms with Crippen molar-refractivity contribution in [3.8, 4) is 0 Å². The molecule has 1 heterocycles. The summed E-state index contributed by atoms with van der Waals surface area (Å²) >= 11 is 1.71. The maximum Gasteiger partial charge on any atom is 0.127 e. The van der Waals surface area contributed by atoms with E-state index in [1.54, 1.807) is 17.4 Å². The van der Waals surface area contributed by atoms with Gasteiger partial charge in [0.05, 0.1) is 0 Å². The van der Waals surface area contributed by atoms with Gasteiger partial charge in [0.1, 0.15) is 5.82 Å². The summed E-state index contributed by atoms with van der Waals surface area (Å²) in [5, 5.41) is 7.73. The highest BCUT2D eigenvalue weighted by molar-refractivity contribution is 7.08. The molecular weight excluding hydrogens is 245 g/mol. The van der Waals surface area contributed by atoms with E-state index < -0.39 is 0 Å². The predicted octanol–water partition coefficient (Wildman–Crippen LogP) is 4.44. The summed E-state index contributed by atoms with van der Waals surface area (Å²) in [4.78, 5) is 0. The van der Waals surface area contributed by atoms with Crippen molar-refractivity contribution in [2.24, 2.45) is 0 Å². The van der Waals surface area contributed by atoms with Crippen LogP contribution < -0.4 is 5.32 Å². The third-order valence-electron chi connectivity index (χ3n) is 3.19. The molecule has 1 unspecified atom stereocenters. The molecule has 0 fully saturated rings. The Balaban J connectivity index is 2.07. The Bertz CT molecular complexity index is 507. The third kappa shape index (κ3) is 2.98. The molecule has 1 aromatic carbocycles. The Morgan fingerprint density at radius 2 is 2.06 bits per heavy atom. The summed E-state index contributed by atoms with van der Waals surface area (Å²) in [6.07, 6.45) is 0.879. The lowest BCUT2D eigenvalue weighted by Crippen LogP contribution is -2.21.